The van der Waals surface area contributed by atoms with Gasteiger partial charge in [0.2, 0.25) is 0 Å². The molecule has 0 heterocycles. The first kappa shape index (κ1) is 24.4. The number of methoxy groups -OCH3 is 1. The summed E-state index contributed by atoms with van der Waals surface area (Å²) in [7, 11) is -2.57. The number of nitrogens with one attached hydrogen (secondary N) is 1. The summed E-state index contributed by atoms with van der Waals surface area (Å²) in [4.78, 5) is 12.7. The summed E-state index contributed by atoms with van der Waals surface area (Å²) in [6.45, 7) is 4.08. The van der Waals surface area contributed by atoms with E-state index in [0.717, 1.165) is 5.56 Å². The molecule has 0 saturated heterocycles. The van der Waals surface area contributed by atoms with E-state index in [-0.39, 0.29) is 22.0 Å². The molecule has 0 bridgehead atoms. The summed E-state index contributed by atoms with van der Waals surface area (Å²) >= 11 is 6.24. The van der Waals surface area contributed by atoms with E-state index in [1.54, 1.807) is 24.3 Å². The van der Waals surface area contributed by atoms with Crippen LogP contribution in [0.15, 0.2) is 90.3 Å². The van der Waals surface area contributed by atoms with Crippen LogP contribution in [0.3, 0.4) is 0 Å². The molecule has 3 aromatic carbocycles. The van der Waals surface area contributed by atoms with E-state index in [1.165, 1.54) is 35.7 Å². The summed E-state index contributed by atoms with van der Waals surface area (Å²) in [6.07, 6.45) is 2.13. The second kappa shape index (κ2) is 11.0. The van der Waals surface area contributed by atoms with Gasteiger partial charge >= 0.3 is 0 Å². The molecule has 1 N–H and O–H groups in total. The van der Waals surface area contributed by atoms with Crippen LogP contribution in [0, 0.1) is 0 Å². The van der Waals surface area contributed by atoms with Gasteiger partial charge in [-0.05, 0) is 42.3 Å². The first-order valence-electron chi connectivity index (χ1n) is 10.3. The van der Waals surface area contributed by atoms with Gasteiger partial charge in [-0.1, -0.05) is 60.1 Å². The summed E-state index contributed by atoms with van der Waals surface area (Å²) in [5, 5.41) is 2.97. The van der Waals surface area contributed by atoms with Crippen LogP contribution in [0.2, 0.25) is 5.02 Å². The van der Waals surface area contributed by atoms with Gasteiger partial charge in [-0.2, -0.15) is 0 Å². The molecule has 0 spiro atoms. The highest BCUT2D eigenvalue weighted by Gasteiger charge is 2.27. The zero-order valence-corrected chi connectivity index (χ0v) is 19.8. The van der Waals surface area contributed by atoms with Crippen molar-refractivity contribution in [2.45, 2.75) is 11.3 Å². The number of amides is 1. The smallest absolute Gasteiger partial charge is 0.264 e. The topological polar surface area (TPSA) is 75.7 Å². The van der Waals surface area contributed by atoms with Crippen LogP contribution in [-0.2, 0) is 16.4 Å². The summed E-state index contributed by atoms with van der Waals surface area (Å²) in [5.41, 5.74) is 1.53. The van der Waals surface area contributed by atoms with Gasteiger partial charge in [0.15, 0.2) is 0 Å². The average Bonchev–Trinajstić information content (AvgIpc) is 2.83. The second-order valence-corrected chi connectivity index (χ2v) is 9.40. The Morgan fingerprint density at radius 2 is 1.79 bits per heavy atom. The van der Waals surface area contributed by atoms with E-state index in [1.807, 2.05) is 30.3 Å². The van der Waals surface area contributed by atoms with Crippen LogP contribution in [0.4, 0.5) is 5.69 Å². The molecule has 0 aliphatic rings. The Morgan fingerprint density at radius 3 is 2.48 bits per heavy atom. The van der Waals surface area contributed by atoms with Gasteiger partial charge < -0.3 is 10.1 Å². The second-order valence-electron chi connectivity index (χ2n) is 7.13. The number of ether oxygens (including phenoxy) is 1. The molecule has 0 aliphatic carbocycles. The number of carbonyl (C=O) groups excluding carboxylic acids is 1. The third-order valence-electron chi connectivity index (χ3n) is 4.96. The molecule has 8 heteroatoms. The minimum atomic E-state index is -4.04. The number of anilines is 1. The molecule has 0 radical (unpaired) electrons. The minimum absolute atomic E-state index is 0.0178. The quantitative estimate of drug-likeness (QED) is 0.423. The molecule has 0 fully saturated rings. The lowest BCUT2D eigenvalue weighted by molar-refractivity contribution is 0.0954. The molecule has 3 rings (SSSR count). The molecule has 3 aromatic rings. The van der Waals surface area contributed by atoms with Gasteiger partial charge in [0, 0.05) is 6.54 Å². The SMILES string of the molecule is C=CCN(c1ccccc1OC)S(=O)(=O)c1ccc(Cl)c(C(=O)NCCc2ccccc2)c1. The molecule has 1 amide bonds. The van der Waals surface area contributed by atoms with Crippen molar-refractivity contribution in [1.29, 1.82) is 0 Å². The van der Waals surface area contributed by atoms with Crippen LogP contribution in [-0.4, -0.2) is 34.5 Å². The van der Waals surface area contributed by atoms with Gasteiger partial charge in [0.1, 0.15) is 5.75 Å². The maximum Gasteiger partial charge on any atom is 0.264 e. The van der Waals surface area contributed by atoms with Gasteiger partial charge in [0.25, 0.3) is 15.9 Å². The van der Waals surface area contributed by atoms with Gasteiger partial charge in [-0.15, -0.1) is 6.58 Å². The summed E-state index contributed by atoms with van der Waals surface area (Å²) in [5.74, 6) is -0.0451. The van der Waals surface area contributed by atoms with Crippen LogP contribution >= 0.6 is 11.6 Å². The molecule has 0 aliphatic heterocycles. The maximum atomic E-state index is 13.5. The van der Waals surface area contributed by atoms with Crippen molar-refractivity contribution in [1.82, 2.24) is 5.32 Å². The largest absolute Gasteiger partial charge is 0.495 e. The van der Waals surface area contributed by atoms with E-state index >= 15 is 0 Å². The zero-order chi connectivity index (χ0) is 23.8. The number of rotatable bonds is 10. The Hall–Kier alpha value is -3.29. The van der Waals surface area contributed by atoms with Crippen molar-refractivity contribution in [3.63, 3.8) is 0 Å². The standard InChI is InChI=1S/C25H25ClN2O4S/c1-3-17-28(23-11-7-8-12-24(23)32-2)33(30,31)20-13-14-22(26)21(18-20)25(29)27-16-15-19-9-5-4-6-10-19/h3-14,18H,1,15-17H2,2H3,(H,27,29). The number of carbonyl (C=O) groups is 1. The number of halogens is 1. The fourth-order valence-corrected chi connectivity index (χ4v) is 4.98. The zero-order valence-electron chi connectivity index (χ0n) is 18.2. The number of benzene rings is 3. The van der Waals surface area contributed by atoms with E-state index in [9.17, 15) is 13.2 Å². The van der Waals surface area contributed by atoms with Crippen molar-refractivity contribution < 1.29 is 17.9 Å². The van der Waals surface area contributed by atoms with Crippen LogP contribution < -0.4 is 14.4 Å². The van der Waals surface area contributed by atoms with Gasteiger partial charge in [-0.25, -0.2) is 8.42 Å². The van der Waals surface area contributed by atoms with Crippen molar-refractivity contribution >= 4 is 33.2 Å². The van der Waals surface area contributed by atoms with Crippen LogP contribution in [0.1, 0.15) is 15.9 Å². The van der Waals surface area contributed by atoms with E-state index in [2.05, 4.69) is 11.9 Å². The molecule has 0 unspecified atom stereocenters. The Balaban J connectivity index is 1.88. The van der Waals surface area contributed by atoms with Crippen molar-refractivity contribution in [3.05, 3.63) is 102 Å². The third kappa shape index (κ3) is 5.74. The molecule has 0 saturated carbocycles. The first-order chi connectivity index (χ1) is 15.9. The van der Waals surface area contributed by atoms with E-state index < -0.39 is 15.9 Å². The molecule has 0 atom stereocenters. The highest BCUT2D eigenvalue weighted by atomic mass is 35.5. The molecule has 0 aromatic heterocycles. The molecule has 6 nitrogen and oxygen atoms in total. The highest BCUT2D eigenvalue weighted by Crippen LogP contribution is 2.33. The maximum absolute atomic E-state index is 13.5. The predicted molar refractivity (Wildman–Crippen MR) is 132 cm³/mol. The van der Waals surface area contributed by atoms with Gasteiger partial charge in [0.05, 0.1) is 34.8 Å². The Labute approximate surface area is 199 Å². The Bertz CT molecular complexity index is 1230. The van der Waals surface area contributed by atoms with Crippen molar-refractivity contribution in [2.24, 2.45) is 0 Å². The minimum Gasteiger partial charge on any atom is -0.495 e. The normalized spacial score (nSPS) is 11.0. The predicted octanol–water partition coefficient (Wildman–Crippen LogP) is 4.70. The Morgan fingerprint density at radius 1 is 1.09 bits per heavy atom. The lowest BCUT2D eigenvalue weighted by Crippen LogP contribution is -2.32. The first-order valence-corrected chi connectivity index (χ1v) is 12.1. The number of sulfonamides is 1. The number of hydrogen-bond donors (Lipinski definition) is 1. The molecule has 172 valence electrons. The van der Waals surface area contributed by atoms with Crippen molar-refractivity contribution in [2.75, 3.05) is 24.5 Å². The number of para-hydroxylation sites is 2. The fraction of sp³-hybridized carbons (Fsp3) is 0.160. The number of hydrogen-bond acceptors (Lipinski definition) is 4. The Kier molecular flexibility index (Phi) is 8.14. The monoisotopic (exact) mass is 484 g/mol. The summed E-state index contributed by atoms with van der Waals surface area (Å²) < 4.78 is 33.6. The molecular formula is C25H25ClN2O4S. The lowest BCUT2D eigenvalue weighted by atomic mass is 10.1. The van der Waals surface area contributed by atoms with E-state index in [4.69, 9.17) is 16.3 Å². The van der Waals surface area contributed by atoms with E-state index in [0.29, 0.717) is 24.4 Å². The average molecular weight is 485 g/mol. The van der Waals surface area contributed by atoms with Crippen molar-refractivity contribution in [3.8, 4) is 5.75 Å². The molecular weight excluding hydrogens is 460 g/mol. The van der Waals surface area contributed by atoms with Crippen LogP contribution in [0.5, 0.6) is 5.75 Å². The third-order valence-corrected chi connectivity index (χ3v) is 7.07. The lowest BCUT2D eigenvalue weighted by Gasteiger charge is -2.25. The highest BCUT2D eigenvalue weighted by molar-refractivity contribution is 7.92. The van der Waals surface area contributed by atoms with Crippen LogP contribution in [0.25, 0.3) is 0 Å². The number of nitrogens with zero attached hydrogens (tertiary/aromatic N) is 1. The molecule has 33 heavy (non-hydrogen) atoms. The van der Waals surface area contributed by atoms with Gasteiger partial charge in [-0.3, -0.25) is 9.10 Å². The fourth-order valence-electron chi connectivity index (χ4n) is 3.31. The summed E-state index contributed by atoms with van der Waals surface area (Å²) in [6, 6.07) is 20.6.